The molecule has 2 aliphatic rings. The van der Waals surface area contributed by atoms with Gasteiger partial charge in [0.25, 0.3) is 0 Å². The standard InChI is InChI=1S/C21H26N4O2/c1-15-10-16(2)12-17(11-15)21(4-5-21)20(26)25-8-6-24(7-9-25)18-13-19(27-3)23-14-22-18/h10-14H,4-9H2,1-3H3. The van der Waals surface area contributed by atoms with Crippen molar-refractivity contribution >= 4 is 11.7 Å². The normalized spacial score (nSPS) is 18.3. The van der Waals surface area contributed by atoms with Crippen molar-refractivity contribution in [2.75, 3.05) is 38.2 Å². The van der Waals surface area contributed by atoms with Crippen LogP contribution in [0.4, 0.5) is 5.82 Å². The molecule has 6 heteroatoms. The maximum absolute atomic E-state index is 13.3. The second kappa shape index (κ2) is 6.83. The highest BCUT2D eigenvalue weighted by molar-refractivity contribution is 5.91. The monoisotopic (exact) mass is 366 g/mol. The topological polar surface area (TPSA) is 58.6 Å². The average molecular weight is 366 g/mol. The lowest BCUT2D eigenvalue weighted by Gasteiger charge is -2.37. The fourth-order valence-corrected chi connectivity index (χ4v) is 4.06. The molecule has 0 bridgehead atoms. The van der Waals surface area contributed by atoms with Gasteiger partial charge < -0.3 is 14.5 Å². The largest absolute Gasteiger partial charge is 0.481 e. The molecular weight excluding hydrogens is 340 g/mol. The molecule has 6 nitrogen and oxygen atoms in total. The van der Waals surface area contributed by atoms with Gasteiger partial charge in [0.15, 0.2) is 0 Å². The minimum absolute atomic E-state index is 0.285. The first-order chi connectivity index (χ1) is 13.0. The van der Waals surface area contributed by atoms with E-state index in [9.17, 15) is 4.79 Å². The van der Waals surface area contributed by atoms with Crippen LogP contribution >= 0.6 is 0 Å². The number of amides is 1. The van der Waals surface area contributed by atoms with Crippen LogP contribution < -0.4 is 9.64 Å². The Hall–Kier alpha value is -2.63. The number of nitrogens with zero attached hydrogens (tertiary/aromatic N) is 4. The van der Waals surface area contributed by atoms with E-state index in [1.807, 2.05) is 11.0 Å². The zero-order valence-electron chi connectivity index (χ0n) is 16.2. The summed E-state index contributed by atoms with van der Waals surface area (Å²) in [6.07, 6.45) is 3.43. The highest BCUT2D eigenvalue weighted by atomic mass is 16.5. The number of hydrogen-bond acceptors (Lipinski definition) is 5. The summed E-state index contributed by atoms with van der Waals surface area (Å²) in [6.45, 7) is 7.19. The Bertz CT molecular complexity index is 835. The number of piperazine rings is 1. The summed E-state index contributed by atoms with van der Waals surface area (Å²) in [5.74, 6) is 1.70. The van der Waals surface area contributed by atoms with Gasteiger partial charge >= 0.3 is 0 Å². The first kappa shape index (κ1) is 17.8. The predicted molar refractivity (Wildman–Crippen MR) is 104 cm³/mol. The molecule has 27 heavy (non-hydrogen) atoms. The lowest BCUT2D eigenvalue weighted by Crippen LogP contribution is -2.51. The predicted octanol–water partition coefficient (Wildman–Crippen LogP) is 2.48. The van der Waals surface area contributed by atoms with Crippen LogP contribution in [-0.2, 0) is 10.2 Å². The van der Waals surface area contributed by atoms with Crippen LogP contribution in [0.2, 0.25) is 0 Å². The summed E-state index contributed by atoms with van der Waals surface area (Å²) in [5.41, 5.74) is 3.35. The van der Waals surface area contributed by atoms with Gasteiger partial charge in [0.1, 0.15) is 12.1 Å². The zero-order chi connectivity index (χ0) is 19.0. The summed E-state index contributed by atoms with van der Waals surface area (Å²) in [5, 5.41) is 0. The molecule has 2 aromatic rings. The van der Waals surface area contributed by atoms with Gasteiger partial charge in [0.05, 0.1) is 12.5 Å². The number of anilines is 1. The minimum atomic E-state index is -0.295. The smallest absolute Gasteiger partial charge is 0.233 e. The van der Waals surface area contributed by atoms with Gasteiger partial charge in [-0.2, -0.15) is 0 Å². The Morgan fingerprint density at radius 3 is 2.26 bits per heavy atom. The van der Waals surface area contributed by atoms with Gasteiger partial charge in [-0.25, -0.2) is 9.97 Å². The molecule has 0 unspecified atom stereocenters. The van der Waals surface area contributed by atoms with Crippen molar-refractivity contribution in [1.82, 2.24) is 14.9 Å². The number of methoxy groups -OCH3 is 1. The molecule has 0 N–H and O–H groups in total. The van der Waals surface area contributed by atoms with Crippen LogP contribution in [0.1, 0.15) is 29.5 Å². The van der Waals surface area contributed by atoms with E-state index in [-0.39, 0.29) is 11.3 Å². The summed E-state index contributed by atoms with van der Waals surface area (Å²) < 4.78 is 5.18. The van der Waals surface area contributed by atoms with E-state index in [1.54, 1.807) is 7.11 Å². The van der Waals surface area contributed by atoms with Gasteiger partial charge in [-0.1, -0.05) is 29.3 Å². The number of carbonyl (C=O) groups is 1. The van der Waals surface area contributed by atoms with Crippen molar-refractivity contribution < 1.29 is 9.53 Å². The molecule has 4 rings (SSSR count). The fraction of sp³-hybridized carbons (Fsp3) is 0.476. The first-order valence-electron chi connectivity index (χ1n) is 9.51. The van der Waals surface area contributed by atoms with Crippen molar-refractivity contribution in [3.8, 4) is 5.88 Å². The number of carbonyl (C=O) groups excluding carboxylic acids is 1. The number of aromatic nitrogens is 2. The van der Waals surface area contributed by atoms with Crippen LogP contribution in [0.25, 0.3) is 0 Å². The molecule has 0 spiro atoms. The zero-order valence-corrected chi connectivity index (χ0v) is 16.2. The van der Waals surface area contributed by atoms with E-state index in [4.69, 9.17) is 4.74 Å². The third kappa shape index (κ3) is 3.36. The molecule has 142 valence electrons. The van der Waals surface area contributed by atoms with E-state index in [1.165, 1.54) is 23.0 Å². The van der Waals surface area contributed by atoms with Crippen molar-refractivity contribution in [2.24, 2.45) is 0 Å². The Kier molecular flexibility index (Phi) is 4.50. The van der Waals surface area contributed by atoms with Crippen molar-refractivity contribution in [1.29, 1.82) is 0 Å². The molecule has 0 atom stereocenters. The molecule has 1 aliphatic carbocycles. The van der Waals surface area contributed by atoms with Crippen LogP contribution in [0.3, 0.4) is 0 Å². The van der Waals surface area contributed by atoms with Crippen LogP contribution in [0.5, 0.6) is 5.88 Å². The van der Waals surface area contributed by atoms with Crippen molar-refractivity contribution in [3.63, 3.8) is 0 Å². The number of rotatable bonds is 4. The lowest BCUT2D eigenvalue weighted by molar-refractivity contribution is -0.134. The van der Waals surface area contributed by atoms with E-state index in [2.05, 4.69) is 46.9 Å². The van der Waals surface area contributed by atoms with Gasteiger partial charge in [-0.15, -0.1) is 0 Å². The van der Waals surface area contributed by atoms with Crippen LogP contribution in [-0.4, -0.2) is 54.1 Å². The Balaban J connectivity index is 1.45. The molecule has 1 aliphatic heterocycles. The first-order valence-corrected chi connectivity index (χ1v) is 9.51. The number of benzene rings is 1. The molecule has 2 fully saturated rings. The van der Waals surface area contributed by atoms with E-state index in [0.717, 1.165) is 44.8 Å². The summed E-state index contributed by atoms with van der Waals surface area (Å²) in [6, 6.07) is 8.37. The maximum atomic E-state index is 13.3. The van der Waals surface area contributed by atoms with Crippen molar-refractivity contribution in [3.05, 3.63) is 47.3 Å². The van der Waals surface area contributed by atoms with E-state index >= 15 is 0 Å². The summed E-state index contributed by atoms with van der Waals surface area (Å²) in [7, 11) is 1.60. The Labute approximate surface area is 160 Å². The van der Waals surface area contributed by atoms with Gasteiger partial charge in [0, 0.05) is 32.2 Å². The highest BCUT2D eigenvalue weighted by Gasteiger charge is 2.53. The Morgan fingerprint density at radius 2 is 1.67 bits per heavy atom. The molecule has 1 saturated carbocycles. The molecule has 2 heterocycles. The molecule has 0 radical (unpaired) electrons. The van der Waals surface area contributed by atoms with Gasteiger partial charge in [0.2, 0.25) is 11.8 Å². The number of hydrogen-bond donors (Lipinski definition) is 0. The number of ether oxygens (including phenoxy) is 1. The van der Waals surface area contributed by atoms with E-state index < -0.39 is 0 Å². The third-order valence-corrected chi connectivity index (χ3v) is 5.66. The number of aryl methyl sites for hydroxylation is 2. The molecule has 1 amide bonds. The molecule has 1 saturated heterocycles. The SMILES string of the molecule is COc1cc(N2CCN(C(=O)C3(c4cc(C)cc(C)c4)CC3)CC2)ncn1. The second-order valence-electron chi connectivity index (χ2n) is 7.66. The van der Waals surface area contributed by atoms with Crippen LogP contribution in [0, 0.1) is 13.8 Å². The third-order valence-electron chi connectivity index (χ3n) is 5.66. The average Bonchev–Trinajstić information content (AvgIpc) is 3.49. The second-order valence-corrected chi connectivity index (χ2v) is 7.66. The Morgan fingerprint density at radius 1 is 1.00 bits per heavy atom. The fourth-order valence-electron chi connectivity index (χ4n) is 4.06. The van der Waals surface area contributed by atoms with Gasteiger partial charge in [-0.05, 0) is 32.3 Å². The summed E-state index contributed by atoms with van der Waals surface area (Å²) in [4.78, 5) is 25.9. The van der Waals surface area contributed by atoms with Crippen molar-refractivity contribution in [2.45, 2.75) is 32.1 Å². The quantitative estimate of drug-likeness (QED) is 0.832. The highest BCUT2D eigenvalue weighted by Crippen LogP contribution is 2.50. The summed E-state index contributed by atoms with van der Waals surface area (Å²) >= 11 is 0. The minimum Gasteiger partial charge on any atom is -0.481 e. The van der Waals surface area contributed by atoms with E-state index in [0.29, 0.717) is 5.88 Å². The molecule has 1 aromatic carbocycles. The van der Waals surface area contributed by atoms with Crippen LogP contribution in [0.15, 0.2) is 30.6 Å². The molecular formula is C21H26N4O2. The lowest BCUT2D eigenvalue weighted by atomic mass is 9.91. The maximum Gasteiger partial charge on any atom is 0.233 e. The molecule has 1 aromatic heterocycles. The van der Waals surface area contributed by atoms with Gasteiger partial charge in [-0.3, -0.25) is 4.79 Å².